The third-order valence-electron chi connectivity index (χ3n) is 5.86. The van der Waals surface area contributed by atoms with Gasteiger partial charge in [0.05, 0.1) is 5.52 Å². The van der Waals surface area contributed by atoms with Crippen LogP contribution in [0.5, 0.6) is 0 Å². The van der Waals surface area contributed by atoms with Crippen LogP contribution in [0.25, 0.3) is 10.9 Å². The van der Waals surface area contributed by atoms with Gasteiger partial charge in [-0.1, -0.05) is 36.4 Å². The quantitative estimate of drug-likeness (QED) is 0.601. The van der Waals surface area contributed by atoms with Crippen LogP contribution in [0.3, 0.4) is 0 Å². The minimum atomic E-state index is 0.685. The molecular weight excluding hydrogens is 372 g/mol. The number of hydrogen-bond acceptors (Lipinski definition) is 6. The van der Waals surface area contributed by atoms with Crippen molar-refractivity contribution in [3.8, 4) is 0 Å². The molecule has 0 saturated carbocycles. The lowest BCUT2D eigenvalue weighted by Gasteiger charge is -2.32. The summed E-state index contributed by atoms with van der Waals surface area (Å²) in [7, 11) is 2.19. The monoisotopic (exact) mass is 404 g/mol. The Bertz CT molecular complexity index is 965. The van der Waals surface area contributed by atoms with E-state index in [0.29, 0.717) is 5.95 Å². The summed E-state index contributed by atoms with van der Waals surface area (Å²) < 4.78 is 0. The SMILES string of the molecule is Cc1ccccc1CCNc1nc(NCCN2CCN(C)CC2)c2ccccc2n1. The average Bonchev–Trinajstić information content (AvgIpc) is 2.76. The van der Waals surface area contributed by atoms with Gasteiger partial charge >= 0.3 is 0 Å². The largest absolute Gasteiger partial charge is 0.368 e. The smallest absolute Gasteiger partial charge is 0.225 e. The van der Waals surface area contributed by atoms with Gasteiger partial charge in [-0.25, -0.2) is 4.98 Å². The molecule has 0 radical (unpaired) electrons. The lowest BCUT2D eigenvalue weighted by atomic mass is 10.1. The molecule has 158 valence electrons. The van der Waals surface area contributed by atoms with E-state index in [0.717, 1.165) is 69.0 Å². The number of rotatable bonds is 8. The fourth-order valence-corrected chi connectivity index (χ4v) is 3.89. The van der Waals surface area contributed by atoms with E-state index in [4.69, 9.17) is 9.97 Å². The van der Waals surface area contributed by atoms with Gasteiger partial charge in [0, 0.05) is 51.2 Å². The summed E-state index contributed by atoms with van der Waals surface area (Å²) in [6.45, 7) is 9.43. The maximum absolute atomic E-state index is 4.79. The number of nitrogens with zero attached hydrogens (tertiary/aromatic N) is 4. The lowest BCUT2D eigenvalue weighted by molar-refractivity contribution is 0.158. The number of aryl methyl sites for hydroxylation is 1. The number of piperazine rings is 1. The normalized spacial score (nSPS) is 15.4. The maximum atomic E-state index is 4.79. The van der Waals surface area contributed by atoms with Crippen LogP contribution in [0, 0.1) is 6.92 Å². The van der Waals surface area contributed by atoms with Crippen molar-refractivity contribution < 1.29 is 0 Å². The maximum Gasteiger partial charge on any atom is 0.225 e. The number of fused-ring (bicyclic) bond motifs is 1. The van der Waals surface area contributed by atoms with Crippen LogP contribution < -0.4 is 10.6 Å². The van der Waals surface area contributed by atoms with Crippen LogP contribution in [0.1, 0.15) is 11.1 Å². The zero-order valence-corrected chi connectivity index (χ0v) is 18.1. The molecule has 1 aliphatic rings. The predicted octanol–water partition coefficient (Wildman–Crippen LogP) is 3.25. The van der Waals surface area contributed by atoms with E-state index >= 15 is 0 Å². The number of aromatic nitrogens is 2. The van der Waals surface area contributed by atoms with E-state index in [1.807, 2.05) is 12.1 Å². The van der Waals surface area contributed by atoms with Crippen LogP contribution in [-0.4, -0.2) is 72.6 Å². The van der Waals surface area contributed by atoms with Crippen molar-refractivity contribution in [1.29, 1.82) is 0 Å². The second-order valence-corrected chi connectivity index (χ2v) is 8.09. The summed E-state index contributed by atoms with van der Waals surface area (Å²) in [5.41, 5.74) is 3.65. The third kappa shape index (κ3) is 5.26. The number of hydrogen-bond donors (Lipinski definition) is 2. The molecule has 1 fully saturated rings. The van der Waals surface area contributed by atoms with Gasteiger partial charge in [-0.05, 0) is 43.7 Å². The molecule has 0 bridgehead atoms. The van der Waals surface area contributed by atoms with Gasteiger partial charge in [-0.15, -0.1) is 0 Å². The van der Waals surface area contributed by atoms with E-state index in [2.05, 4.69) is 70.8 Å². The van der Waals surface area contributed by atoms with Gasteiger partial charge in [0.15, 0.2) is 0 Å². The Morgan fingerprint density at radius 1 is 0.867 bits per heavy atom. The van der Waals surface area contributed by atoms with Crippen molar-refractivity contribution in [3.05, 3.63) is 59.7 Å². The molecule has 2 heterocycles. The molecule has 3 aromatic rings. The van der Waals surface area contributed by atoms with Gasteiger partial charge in [0.1, 0.15) is 5.82 Å². The molecule has 0 atom stereocenters. The van der Waals surface area contributed by atoms with Gasteiger partial charge in [-0.2, -0.15) is 4.98 Å². The molecule has 0 aliphatic carbocycles. The number of para-hydroxylation sites is 1. The molecule has 1 aromatic heterocycles. The van der Waals surface area contributed by atoms with E-state index < -0.39 is 0 Å². The van der Waals surface area contributed by atoms with Crippen molar-refractivity contribution in [2.75, 3.05) is 63.5 Å². The second-order valence-electron chi connectivity index (χ2n) is 8.09. The molecule has 0 unspecified atom stereocenters. The molecule has 0 amide bonds. The first kappa shape index (κ1) is 20.6. The molecule has 2 N–H and O–H groups in total. The first-order valence-electron chi connectivity index (χ1n) is 10.9. The van der Waals surface area contributed by atoms with Crippen LogP contribution in [-0.2, 0) is 6.42 Å². The number of anilines is 2. The summed E-state index contributed by atoms with van der Waals surface area (Å²) in [5.74, 6) is 1.59. The number of likely N-dealkylation sites (N-methyl/N-ethyl adjacent to an activating group) is 1. The molecule has 4 rings (SSSR count). The molecule has 1 aliphatic heterocycles. The van der Waals surface area contributed by atoms with E-state index in [-0.39, 0.29) is 0 Å². The minimum absolute atomic E-state index is 0.685. The van der Waals surface area contributed by atoms with Gasteiger partial charge in [0.2, 0.25) is 5.95 Å². The summed E-state index contributed by atoms with van der Waals surface area (Å²) >= 11 is 0. The zero-order valence-electron chi connectivity index (χ0n) is 18.1. The third-order valence-corrected chi connectivity index (χ3v) is 5.86. The Labute approximate surface area is 179 Å². The van der Waals surface area contributed by atoms with Crippen LogP contribution >= 0.6 is 0 Å². The zero-order chi connectivity index (χ0) is 20.8. The van der Waals surface area contributed by atoms with Crippen molar-refractivity contribution in [2.24, 2.45) is 0 Å². The lowest BCUT2D eigenvalue weighted by Crippen LogP contribution is -2.45. The van der Waals surface area contributed by atoms with Gasteiger partial charge in [-0.3, -0.25) is 4.90 Å². The Hall–Kier alpha value is -2.70. The van der Waals surface area contributed by atoms with Crippen molar-refractivity contribution >= 4 is 22.7 Å². The van der Waals surface area contributed by atoms with E-state index in [1.54, 1.807) is 0 Å². The predicted molar refractivity (Wildman–Crippen MR) is 125 cm³/mol. The molecule has 0 spiro atoms. The van der Waals surface area contributed by atoms with Crippen molar-refractivity contribution in [1.82, 2.24) is 19.8 Å². The Balaban J connectivity index is 1.39. The van der Waals surface area contributed by atoms with Crippen LogP contribution in [0.2, 0.25) is 0 Å². The highest BCUT2D eigenvalue weighted by atomic mass is 15.3. The molecule has 6 nitrogen and oxygen atoms in total. The second kappa shape index (κ2) is 9.87. The molecule has 30 heavy (non-hydrogen) atoms. The fraction of sp³-hybridized carbons (Fsp3) is 0.417. The van der Waals surface area contributed by atoms with Crippen LogP contribution in [0.15, 0.2) is 48.5 Å². The highest BCUT2D eigenvalue weighted by Gasteiger charge is 2.13. The van der Waals surface area contributed by atoms with Crippen molar-refractivity contribution in [2.45, 2.75) is 13.3 Å². The summed E-state index contributed by atoms with van der Waals surface area (Å²) in [5, 5.41) is 8.05. The summed E-state index contributed by atoms with van der Waals surface area (Å²) in [4.78, 5) is 14.4. The summed E-state index contributed by atoms with van der Waals surface area (Å²) in [6.07, 6.45) is 0.953. The highest BCUT2D eigenvalue weighted by Crippen LogP contribution is 2.21. The first-order valence-corrected chi connectivity index (χ1v) is 10.9. The van der Waals surface area contributed by atoms with Gasteiger partial charge in [0.25, 0.3) is 0 Å². The standard InChI is InChI=1S/C24H32N6/c1-19-7-3-4-8-20(19)11-12-26-24-27-22-10-6-5-9-21(22)23(28-24)25-13-14-30-17-15-29(2)16-18-30/h3-10H,11-18H2,1-2H3,(H2,25,26,27,28). The average molecular weight is 405 g/mol. The Kier molecular flexibility index (Phi) is 6.77. The molecule has 1 saturated heterocycles. The summed E-state index contributed by atoms with van der Waals surface area (Å²) in [6, 6.07) is 16.7. The molecular formula is C24H32N6. The minimum Gasteiger partial charge on any atom is -0.368 e. The first-order chi connectivity index (χ1) is 14.7. The highest BCUT2D eigenvalue weighted by molar-refractivity contribution is 5.90. The number of nitrogens with one attached hydrogen (secondary N) is 2. The topological polar surface area (TPSA) is 56.3 Å². The molecule has 2 aromatic carbocycles. The van der Waals surface area contributed by atoms with Crippen molar-refractivity contribution in [3.63, 3.8) is 0 Å². The Morgan fingerprint density at radius 3 is 2.47 bits per heavy atom. The van der Waals surface area contributed by atoms with E-state index in [9.17, 15) is 0 Å². The number of benzene rings is 2. The van der Waals surface area contributed by atoms with Gasteiger partial charge < -0.3 is 15.5 Å². The Morgan fingerprint density at radius 2 is 1.63 bits per heavy atom. The van der Waals surface area contributed by atoms with E-state index in [1.165, 1.54) is 11.1 Å². The fourth-order valence-electron chi connectivity index (χ4n) is 3.89. The van der Waals surface area contributed by atoms with Crippen LogP contribution in [0.4, 0.5) is 11.8 Å². The molecule has 6 heteroatoms.